The second-order valence-corrected chi connectivity index (χ2v) is 6.72. The summed E-state index contributed by atoms with van der Waals surface area (Å²) in [5, 5.41) is 2.98. The van der Waals surface area contributed by atoms with Gasteiger partial charge in [0.15, 0.2) is 0 Å². The van der Waals surface area contributed by atoms with Gasteiger partial charge >= 0.3 is 0 Å². The van der Waals surface area contributed by atoms with E-state index in [2.05, 4.69) is 17.4 Å². The first kappa shape index (κ1) is 19.3. The molecule has 5 nitrogen and oxygen atoms in total. The van der Waals surface area contributed by atoms with E-state index in [1.165, 1.54) is 23.8 Å². The number of carbonyl (C=O) groups is 1. The van der Waals surface area contributed by atoms with E-state index in [-0.39, 0.29) is 23.5 Å². The molecule has 6 heteroatoms. The van der Waals surface area contributed by atoms with Crippen molar-refractivity contribution in [2.45, 2.75) is 18.3 Å². The Hall–Kier alpha value is -2.44. The van der Waals surface area contributed by atoms with E-state index in [0.717, 1.165) is 12.8 Å². The molecule has 0 atom stereocenters. The van der Waals surface area contributed by atoms with Gasteiger partial charge in [0.25, 0.3) is 5.91 Å². The molecule has 27 heavy (non-hydrogen) atoms. The fraction of sp³-hybridized carbons (Fsp3) is 0.381. The fourth-order valence-electron chi connectivity index (χ4n) is 3.44. The Kier molecular flexibility index (Phi) is 6.42. The summed E-state index contributed by atoms with van der Waals surface area (Å²) in [6.07, 6.45) is 1.63. The summed E-state index contributed by atoms with van der Waals surface area (Å²) in [6, 6.07) is 14.1. The standard InChI is InChI=1S/C21H25FN2O3/c22-17-6-7-19(27-13-10-23)18(14-17)20(25)24-15-21(8-11-26-12-9-21)16-4-2-1-3-5-16/h1-7,14H,8-13,15,23H2,(H,24,25). The Morgan fingerprint density at radius 1 is 1.19 bits per heavy atom. The van der Waals surface area contributed by atoms with E-state index in [1.54, 1.807) is 0 Å². The first-order valence-corrected chi connectivity index (χ1v) is 9.18. The number of nitrogens with one attached hydrogen (secondary N) is 1. The predicted octanol–water partition coefficient (Wildman–Crippen LogP) is 2.64. The summed E-state index contributed by atoms with van der Waals surface area (Å²) < 4.78 is 24.7. The van der Waals surface area contributed by atoms with Crippen LogP contribution in [-0.2, 0) is 10.2 Å². The van der Waals surface area contributed by atoms with Crippen molar-refractivity contribution >= 4 is 5.91 Å². The van der Waals surface area contributed by atoms with Crippen LogP contribution < -0.4 is 15.8 Å². The van der Waals surface area contributed by atoms with Gasteiger partial charge in [0, 0.05) is 31.7 Å². The molecule has 0 radical (unpaired) electrons. The molecule has 2 aromatic rings. The van der Waals surface area contributed by atoms with Crippen molar-refractivity contribution in [3.63, 3.8) is 0 Å². The van der Waals surface area contributed by atoms with Crippen LogP contribution >= 0.6 is 0 Å². The lowest BCUT2D eigenvalue weighted by atomic mass is 9.74. The first-order chi connectivity index (χ1) is 13.1. The molecule has 0 bridgehead atoms. The second-order valence-electron chi connectivity index (χ2n) is 6.72. The molecule has 1 amide bonds. The van der Waals surface area contributed by atoms with Crippen molar-refractivity contribution in [1.29, 1.82) is 0 Å². The predicted molar refractivity (Wildman–Crippen MR) is 101 cm³/mol. The summed E-state index contributed by atoms with van der Waals surface area (Å²) in [7, 11) is 0. The normalized spacial score (nSPS) is 15.9. The van der Waals surface area contributed by atoms with Crippen molar-refractivity contribution in [3.8, 4) is 5.75 Å². The van der Waals surface area contributed by atoms with Crippen LogP contribution in [0.3, 0.4) is 0 Å². The molecule has 2 aromatic carbocycles. The van der Waals surface area contributed by atoms with Gasteiger partial charge in [-0.2, -0.15) is 0 Å². The van der Waals surface area contributed by atoms with E-state index >= 15 is 0 Å². The largest absolute Gasteiger partial charge is 0.491 e. The summed E-state index contributed by atoms with van der Waals surface area (Å²) in [5.74, 6) is -0.507. The minimum Gasteiger partial charge on any atom is -0.491 e. The molecule has 0 unspecified atom stereocenters. The van der Waals surface area contributed by atoms with Crippen molar-refractivity contribution < 1.29 is 18.7 Å². The van der Waals surface area contributed by atoms with Crippen LogP contribution in [0.2, 0.25) is 0 Å². The minimum absolute atomic E-state index is 0.179. The molecule has 1 saturated heterocycles. The number of hydrogen-bond acceptors (Lipinski definition) is 4. The molecular weight excluding hydrogens is 347 g/mol. The summed E-state index contributed by atoms with van der Waals surface area (Å²) >= 11 is 0. The topological polar surface area (TPSA) is 73.6 Å². The third-order valence-electron chi connectivity index (χ3n) is 4.99. The van der Waals surface area contributed by atoms with E-state index in [9.17, 15) is 9.18 Å². The number of amides is 1. The number of carbonyl (C=O) groups excluding carboxylic acids is 1. The van der Waals surface area contributed by atoms with Crippen LogP contribution in [0, 0.1) is 5.82 Å². The van der Waals surface area contributed by atoms with Gasteiger partial charge in [-0.25, -0.2) is 4.39 Å². The molecule has 0 saturated carbocycles. The maximum absolute atomic E-state index is 13.7. The lowest BCUT2D eigenvalue weighted by Crippen LogP contribution is -2.44. The van der Waals surface area contributed by atoms with E-state index in [0.29, 0.717) is 32.1 Å². The molecular formula is C21H25FN2O3. The molecule has 1 heterocycles. The lowest BCUT2D eigenvalue weighted by molar-refractivity contribution is 0.0487. The molecule has 1 aliphatic heterocycles. The van der Waals surface area contributed by atoms with Crippen molar-refractivity contribution in [1.82, 2.24) is 5.32 Å². The van der Waals surface area contributed by atoms with Crippen LogP contribution in [-0.4, -0.2) is 38.8 Å². The van der Waals surface area contributed by atoms with Crippen molar-refractivity contribution in [2.24, 2.45) is 5.73 Å². The Balaban J connectivity index is 1.78. The summed E-state index contributed by atoms with van der Waals surface area (Å²) in [6.45, 7) is 2.32. The van der Waals surface area contributed by atoms with Crippen molar-refractivity contribution in [3.05, 3.63) is 65.5 Å². The number of benzene rings is 2. The van der Waals surface area contributed by atoms with E-state index < -0.39 is 5.82 Å². The molecule has 0 spiro atoms. The van der Waals surface area contributed by atoms with Crippen LogP contribution in [0.1, 0.15) is 28.8 Å². The maximum Gasteiger partial charge on any atom is 0.255 e. The molecule has 1 fully saturated rings. The zero-order valence-electron chi connectivity index (χ0n) is 15.2. The van der Waals surface area contributed by atoms with Gasteiger partial charge in [0.05, 0.1) is 5.56 Å². The number of nitrogens with two attached hydrogens (primary N) is 1. The zero-order chi connectivity index (χ0) is 19.1. The highest BCUT2D eigenvalue weighted by Crippen LogP contribution is 2.34. The van der Waals surface area contributed by atoms with Crippen molar-refractivity contribution in [2.75, 3.05) is 32.9 Å². The summed E-state index contributed by atoms with van der Waals surface area (Å²) in [4.78, 5) is 12.8. The minimum atomic E-state index is -0.482. The molecule has 144 valence electrons. The Morgan fingerprint density at radius 2 is 1.93 bits per heavy atom. The average molecular weight is 372 g/mol. The summed E-state index contributed by atoms with van der Waals surface area (Å²) in [5.41, 5.74) is 6.62. The lowest BCUT2D eigenvalue weighted by Gasteiger charge is -2.38. The highest BCUT2D eigenvalue weighted by Gasteiger charge is 2.35. The van der Waals surface area contributed by atoms with Crippen LogP contribution in [0.25, 0.3) is 0 Å². The third kappa shape index (κ3) is 4.64. The van der Waals surface area contributed by atoms with Crippen LogP contribution in [0.5, 0.6) is 5.75 Å². The Labute approximate surface area is 158 Å². The SMILES string of the molecule is NCCOc1ccc(F)cc1C(=O)NCC1(c2ccccc2)CCOCC1. The molecule has 1 aliphatic rings. The van der Waals surface area contributed by atoms with Gasteiger partial charge in [-0.1, -0.05) is 30.3 Å². The molecule has 0 aliphatic carbocycles. The number of rotatable bonds is 7. The highest BCUT2D eigenvalue weighted by atomic mass is 19.1. The van der Waals surface area contributed by atoms with Gasteiger partial charge in [0.1, 0.15) is 18.2 Å². The Bertz CT molecular complexity index is 761. The van der Waals surface area contributed by atoms with Gasteiger partial charge in [-0.15, -0.1) is 0 Å². The monoisotopic (exact) mass is 372 g/mol. The first-order valence-electron chi connectivity index (χ1n) is 9.18. The highest BCUT2D eigenvalue weighted by molar-refractivity contribution is 5.97. The number of hydrogen-bond donors (Lipinski definition) is 2. The molecule has 3 rings (SSSR count). The quantitative estimate of drug-likeness (QED) is 0.784. The smallest absolute Gasteiger partial charge is 0.255 e. The zero-order valence-corrected chi connectivity index (χ0v) is 15.2. The van der Waals surface area contributed by atoms with Gasteiger partial charge in [-0.3, -0.25) is 4.79 Å². The van der Waals surface area contributed by atoms with E-state index in [4.69, 9.17) is 15.2 Å². The third-order valence-corrected chi connectivity index (χ3v) is 4.99. The molecule has 0 aromatic heterocycles. The number of halogens is 1. The average Bonchev–Trinajstić information content (AvgIpc) is 2.72. The van der Waals surface area contributed by atoms with Gasteiger partial charge in [-0.05, 0) is 36.6 Å². The molecule has 3 N–H and O–H groups in total. The van der Waals surface area contributed by atoms with E-state index in [1.807, 2.05) is 18.2 Å². The fourth-order valence-corrected chi connectivity index (χ4v) is 3.44. The number of ether oxygens (including phenoxy) is 2. The maximum atomic E-state index is 13.7. The van der Waals surface area contributed by atoms with Crippen LogP contribution in [0.4, 0.5) is 4.39 Å². The van der Waals surface area contributed by atoms with Gasteiger partial charge in [0.2, 0.25) is 0 Å². The second kappa shape index (κ2) is 8.97. The Morgan fingerprint density at radius 3 is 2.63 bits per heavy atom. The van der Waals surface area contributed by atoms with Crippen LogP contribution in [0.15, 0.2) is 48.5 Å². The van der Waals surface area contributed by atoms with Gasteiger partial charge < -0.3 is 20.5 Å².